The third-order valence-electron chi connectivity index (χ3n) is 4.55. The van der Waals surface area contributed by atoms with Crippen molar-refractivity contribution in [3.05, 3.63) is 53.4 Å². The number of rotatable bonds is 4. The van der Waals surface area contributed by atoms with Crippen LogP contribution in [0, 0.1) is 6.92 Å². The number of aryl methyl sites for hydroxylation is 1. The number of piperazine rings is 1. The van der Waals surface area contributed by atoms with Crippen molar-refractivity contribution in [2.24, 2.45) is 0 Å². The lowest BCUT2D eigenvalue weighted by molar-refractivity contribution is -0.130. The SMILES string of the molecule is Cc1oc(-c2cccs2)nc1CC(=O)N1CCN(c2ccccn2)CC1. The van der Waals surface area contributed by atoms with Crippen LogP contribution in [0.5, 0.6) is 0 Å². The third-order valence-corrected chi connectivity index (χ3v) is 5.41. The Kier molecular flexibility index (Phi) is 4.71. The Balaban J connectivity index is 1.37. The van der Waals surface area contributed by atoms with E-state index in [2.05, 4.69) is 14.9 Å². The van der Waals surface area contributed by atoms with E-state index in [4.69, 9.17) is 4.42 Å². The van der Waals surface area contributed by atoms with E-state index in [9.17, 15) is 4.79 Å². The molecule has 0 N–H and O–H groups in total. The molecule has 134 valence electrons. The Morgan fingerprint density at radius 2 is 2.04 bits per heavy atom. The van der Waals surface area contributed by atoms with Crippen LogP contribution in [0.15, 0.2) is 46.3 Å². The van der Waals surface area contributed by atoms with Gasteiger partial charge in [0.05, 0.1) is 17.0 Å². The predicted octanol–water partition coefficient (Wildman–Crippen LogP) is 3.00. The van der Waals surface area contributed by atoms with Crippen LogP contribution in [0.25, 0.3) is 10.8 Å². The summed E-state index contributed by atoms with van der Waals surface area (Å²) in [5.41, 5.74) is 0.727. The fourth-order valence-electron chi connectivity index (χ4n) is 3.08. The summed E-state index contributed by atoms with van der Waals surface area (Å²) >= 11 is 1.58. The van der Waals surface area contributed by atoms with Crippen molar-refractivity contribution in [2.75, 3.05) is 31.1 Å². The molecule has 3 aromatic rings. The summed E-state index contributed by atoms with van der Waals surface area (Å²) in [6.07, 6.45) is 2.08. The Hall–Kier alpha value is -2.67. The van der Waals surface area contributed by atoms with E-state index < -0.39 is 0 Å². The maximum Gasteiger partial charge on any atom is 0.236 e. The molecule has 0 aliphatic carbocycles. The molecule has 4 heterocycles. The van der Waals surface area contributed by atoms with Crippen LogP contribution in [-0.2, 0) is 11.2 Å². The lowest BCUT2D eigenvalue weighted by Crippen LogP contribution is -2.49. The molecule has 0 aromatic carbocycles. The summed E-state index contributed by atoms with van der Waals surface area (Å²) in [7, 11) is 0. The fourth-order valence-corrected chi connectivity index (χ4v) is 3.73. The second kappa shape index (κ2) is 7.29. The Labute approximate surface area is 156 Å². The predicted molar refractivity (Wildman–Crippen MR) is 101 cm³/mol. The first kappa shape index (κ1) is 16.8. The van der Waals surface area contributed by atoms with E-state index in [0.717, 1.165) is 29.5 Å². The first-order valence-corrected chi connectivity index (χ1v) is 9.52. The molecule has 1 aliphatic heterocycles. The highest BCUT2D eigenvalue weighted by Crippen LogP contribution is 2.26. The van der Waals surface area contributed by atoms with Gasteiger partial charge < -0.3 is 14.2 Å². The first-order valence-electron chi connectivity index (χ1n) is 8.64. The van der Waals surface area contributed by atoms with Gasteiger partial charge in [-0.3, -0.25) is 4.79 Å². The van der Waals surface area contributed by atoms with Gasteiger partial charge in [0.2, 0.25) is 11.8 Å². The molecule has 6 nitrogen and oxygen atoms in total. The number of oxazole rings is 1. The Bertz CT molecular complexity index is 868. The standard InChI is InChI=1S/C19H20N4O2S/c1-14-15(21-19(25-14)16-5-4-12-26-16)13-18(24)23-10-8-22(9-11-23)17-6-2-3-7-20-17/h2-7,12H,8-11,13H2,1H3. The summed E-state index contributed by atoms with van der Waals surface area (Å²) in [5, 5.41) is 1.99. The molecule has 1 amide bonds. The van der Waals surface area contributed by atoms with E-state index in [-0.39, 0.29) is 12.3 Å². The minimum atomic E-state index is 0.0970. The Morgan fingerprint density at radius 1 is 1.19 bits per heavy atom. The van der Waals surface area contributed by atoms with Gasteiger partial charge in [-0.1, -0.05) is 12.1 Å². The number of thiophene rings is 1. The largest absolute Gasteiger partial charge is 0.440 e. The van der Waals surface area contributed by atoms with Gasteiger partial charge in [0, 0.05) is 32.4 Å². The molecule has 0 unspecified atom stereocenters. The lowest BCUT2D eigenvalue weighted by Gasteiger charge is -2.35. The molecule has 4 rings (SSSR count). The number of carbonyl (C=O) groups excluding carboxylic acids is 1. The van der Waals surface area contributed by atoms with Crippen LogP contribution in [0.3, 0.4) is 0 Å². The van der Waals surface area contributed by atoms with Gasteiger partial charge in [0.1, 0.15) is 11.6 Å². The van der Waals surface area contributed by atoms with Crippen molar-refractivity contribution in [1.82, 2.24) is 14.9 Å². The average Bonchev–Trinajstić information content (AvgIpc) is 3.33. The number of aromatic nitrogens is 2. The van der Waals surface area contributed by atoms with E-state index in [1.54, 1.807) is 17.5 Å². The van der Waals surface area contributed by atoms with Crippen LogP contribution in [0.2, 0.25) is 0 Å². The summed E-state index contributed by atoms with van der Waals surface area (Å²) in [6.45, 7) is 4.85. The number of hydrogen-bond acceptors (Lipinski definition) is 6. The molecule has 0 bridgehead atoms. The summed E-state index contributed by atoms with van der Waals surface area (Å²) in [4.78, 5) is 26.7. The summed E-state index contributed by atoms with van der Waals surface area (Å²) < 4.78 is 5.73. The zero-order valence-corrected chi connectivity index (χ0v) is 15.4. The maximum atomic E-state index is 12.7. The van der Waals surface area contributed by atoms with Crippen molar-refractivity contribution in [2.45, 2.75) is 13.3 Å². The highest BCUT2D eigenvalue weighted by atomic mass is 32.1. The van der Waals surface area contributed by atoms with Crippen molar-refractivity contribution in [3.8, 4) is 10.8 Å². The van der Waals surface area contributed by atoms with Crippen LogP contribution in [-0.4, -0.2) is 47.0 Å². The van der Waals surface area contributed by atoms with E-state index in [1.807, 2.05) is 47.5 Å². The third kappa shape index (κ3) is 3.48. The highest BCUT2D eigenvalue weighted by molar-refractivity contribution is 7.13. The molecule has 0 saturated carbocycles. The molecular weight excluding hydrogens is 348 g/mol. The lowest BCUT2D eigenvalue weighted by atomic mass is 10.2. The number of hydrogen-bond donors (Lipinski definition) is 0. The molecule has 1 saturated heterocycles. The molecule has 7 heteroatoms. The van der Waals surface area contributed by atoms with E-state index in [1.165, 1.54) is 0 Å². The zero-order valence-electron chi connectivity index (χ0n) is 14.6. The fraction of sp³-hybridized carbons (Fsp3) is 0.316. The quantitative estimate of drug-likeness (QED) is 0.708. The van der Waals surface area contributed by atoms with Gasteiger partial charge in [0.15, 0.2) is 0 Å². The first-order chi connectivity index (χ1) is 12.7. The minimum absolute atomic E-state index is 0.0970. The van der Waals surface area contributed by atoms with Crippen molar-refractivity contribution >= 4 is 23.1 Å². The number of pyridine rings is 1. The van der Waals surface area contributed by atoms with Crippen molar-refractivity contribution < 1.29 is 9.21 Å². The molecular formula is C19H20N4O2S. The van der Waals surface area contributed by atoms with Gasteiger partial charge in [-0.25, -0.2) is 9.97 Å². The smallest absolute Gasteiger partial charge is 0.236 e. The van der Waals surface area contributed by atoms with E-state index >= 15 is 0 Å². The molecule has 3 aromatic heterocycles. The minimum Gasteiger partial charge on any atom is -0.440 e. The molecule has 1 fully saturated rings. The van der Waals surface area contributed by atoms with Crippen LogP contribution < -0.4 is 4.90 Å². The number of nitrogens with zero attached hydrogens (tertiary/aromatic N) is 4. The van der Waals surface area contributed by atoms with Gasteiger partial charge in [0.25, 0.3) is 0 Å². The summed E-state index contributed by atoms with van der Waals surface area (Å²) in [5.74, 6) is 2.38. The van der Waals surface area contributed by atoms with Crippen LogP contribution in [0.1, 0.15) is 11.5 Å². The van der Waals surface area contributed by atoms with Crippen LogP contribution >= 0.6 is 11.3 Å². The van der Waals surface area contributed by atoms with Crippen molar-refractivity contribution in [1.29, 1.82) is 0 Å². The van der Waals surface area contributed by atoms with Gasteiger partial charge in [-0.15, -0.1) is 11.3 Å². The van der Waals surface area contributed by atoms with Gasteiger partial charge >= 0.3 is 0 Å². The highest BCUT2D eigenvalue weighted by Gasteiger charge is 2.24. The second-order valence-electron chi connectivity index (χ2n) is 6.23. The molecule has 0 spiro atoms. The zero-order chi connectivity index (χ0) is 17.9. The molecule has 0 atom stereocenters. The van der Waals surface area contributed by atoms with Gasteiger partial charge in [-0.05, 0) is 30.5 Å². The van der Waals surface area contributed by atoms with Crippen LogP contribution in [0.4, 0.5) is 5.82 Å². The number of carbonyl (C=O) groups is 1. The van der Waals surface area contributed by atoms with Crippen molar-refractivity contribution in [3.63, 3.8) is 0 Å². The summed E-state index contributed by atoms with van der Waals surface area (Å²) in [6, 6.07) is 9.83. The normalized spacial score (nSPS) is 14.7. The monoisotopic (exact) mass is 368 g/mol. The van der Waals surface area contributed by atoms with Gasteiger partial charge in [-0.2, -0.15) is 0 Å². The number of anilines is 1. The Morgan fingerprint density at radius 3 is 2.73 bits per heavy atom. The molecule has 1 aliphatic rings. The maximum absolute atomic E-state index is 12.7. The molecule has 26 heavy (non-hydrogen) atoms. The average molecular weight is 368 g/mol. The molecule has 0 radical (unpaired) electrons. The number of amides is 1. The topological polar surface area (TPSA) is 62.5 Å². The van der Waals surface area contributed by atoms with E-state index in [0.29, 0.717) is 24.7 Å². The second-order valence-corrected chi connectivity index (χ2v) is 7.18.